The molecular formula is C14H19FN4O2. The Balaban J connectivity index is 1.90. The number of piperidine rings is 1. The number of aromatic hydroxyl groups is 1. The van der Waals surface area contributed by atoms with Gasteiger partial charge in [-0.3, -0.25) is 15.2 Å². The first kappa shape index (κ1) is 14.1. The van der Waals surface area contributed by atoms with Gasteiger partial charge in [-0.2, -0.15) is 0 Å². The number of hydrazine groups is 2. The highest BCUT2D eigenvalue weighted by Crippen LogP contribution is 2.38. The van der Waals surface area contributed by atoms with Crippen LogP contribution in [-0.4, -0.2) is 42.6 Å². The highest BCUT2D eigenvalue weighted by atomic mass is 19.1. The number of phenolic OH excluding ortho intramolecular Hbond substituents is 1. The van der Waals surface area contributed by atoms with Crippen LogP contribution in [-0.2, 0) is 4.79 Å². The molecule has 0 radical (unpaired) electrons. The number of rotatable bonds is 2. The van der Waals surface area contributed by atoms with Crippen LogP contribution in [0.3, 0.4) is 0 Å². The molecule has 0 spiro atoms. The van der Waals surface area contributed by atoms with Crippen LogP contribution in [0.1, 0.15) is 24.3 Å². The molecule has 2 aliphatic rings. The smallest absolute Gasteiger partial charge is 0.256 e. The lowest BCUT2D eigenvalue weighted by Crippen LogP contribution is -2.37. The first-order chi connectivity index (χ1) is 10.1. The fraction of sp³-hybridized carbons (Fsp3) is 0.500. The summed E-state index contributed by atoms with van der Waals surface area (Å²) < 4.78 is 14.8. The van der Waals surface area contributed by atoms with Gasteiger partial charge >= 0.3 is 0 Å². The summed E-state index contributed by atoms with van der Waals surface area (Å²) in [5.41, 5.74) is 5.59. The molecule has 0 saturated carbocycles. The topological polar surface area (TPSA) is 67.8 Å². The summed E-state index contributed by atoms with van der Waals surface area (Å²) in [7, 11) is 2.06. The minimum Gasteiger partial charge on any atom is -0.506 e. The van der Waals surface area contributed by atoms with Gasteiger partial charge in [-0.25, -0.2) is 4.39 Å². The van der Waals surface area contributed by atoms with Crippen LogP contribution in [0, 0.1) is 5.82 Å². The van der Waals surface area contributed by atoms with Crippen molar-refractivity contribution in [3.63, 3.8) is 0 Å². The lowest BCUT2D eigenvalue weighted by Gasteiger charge is -2.30. The molecule has 1 aromatic rings. The van der Waals surface area contributed by atoms with E-state index in [1.54, 1.807) is 6.07 Å². The number of halogens is 1. The third-order valence-corrected chi connectivity index (χ3v) is 4.19. The summed E-state index contributed by atoms with van der Waals surface area (Å²) in [6, 6.07) is 3.14. The maximum atomic E-state index is 14.8. The summed E-state index contributed by atoms with van der Waals surface area (Å²) >= 11 is 0. The summed E-state index contributed by atoms with van der Waals surface area (Å²) in [5, 5.41) is 11.2. The van der Waals surface area contributed by atoms with Gasteiger partial charge in [-0.15, -0.1) is 5.53 Å². The average molecular weight is 294 g/mol. The Morgan fingerprint density at radius 1 is 1.33 bits per heavy atom. The van der Waals surface area contributed by atoms with Gasteiger partial charge < -0.3 is 10.0 Å². The Hall–Kier alpha value is -1.86. The Morgan fingerprint density at radius 2 is 2.05 bits per heavy atom. The molecule has 2 heterocycles. The number of anilines is 1. The highest BCUT2D eigenvalue weighted by molar-refractivity contribution is 5.84. The summed E-state index contributed by atoms with van der Waals surface area (Å²) in [6.45, 7) is 1.84. The zero-order chi connectivity index (χ0) is 15.0. The number of nitrogens with one attached hydrogen (secondary N) is 2. The molecule has 0 bridgehead atoms. The van der Waals surface area contributed by atoms with E-state index in [-0.39, 0.29) is 29.8 Å². The molecule has 2 aliphatic heterocycles. The van der Waals surface area contributed by atoms with E-state index in [2.05, 4.69) is 22.9 Å². The number of carbonyl (C=O) groups excluding carboxylic acids is 1. The summed E-state index contributed by atoms with van der Waals surface area (Å²) in [5.74, 6) is -0.743. The Bertz CT molecular complexity index is 558. The second kappa shape index (κ2) is 5.50. The zero-order valence-corrected chi connectivity index (χ0v) is 11.9. The van der Waals surface area contributed by atoms with Crippen LogP contribution in [0.15, 0.2) is 12.1 Å². The van der Waals surface area contributed by atoms with Crippen molar-refractivity contribution < 1.29 is 14.3 Å². The lowest BCUT2D eigenvalue weighted by molar-refractivity contribution is -0.118. The van der Waals surface area contributed by atoms with E-state index in [1.165, 1.54) is 11.1 Å². The number of likely N-dealkylation sites (tertiary alicyclic amines) is 1. The molecule has 114 valence electrons. The molecule has 0 atom stereocenters. The lowest BCUT2D eigenvalue weighted by atomic mass is 9.88. The monoisotopic (exact) mass is 294 g/mol. The van der Waals surface area contributed by atoms with Gasteiger partial charge in [0.2, 0.25) is 0 Å². The molecule has 0 aromatic heterocycles. The Morgan fingerprint density at radius 3 is 2.67 bits per heavy atom. The SMILES string of the molecule is CN1CCC(c2ccc(O)c(N3CC(=O)NN3)c2F)CC1. The maximum absolute atomic E-state index is 14.8. The van der Waals surface area contributed by atoms with E-state index in [4.69, 9.17) is 0 Å². The number of nitrogens with zero attached hydrogens (tertiary/aromatic N) is 2. The van der Waals surface area contributed by atoms with Gasteiger partial charge in [0.15, 0.2) is 5.82 Å². The molecule has 2 fully saturated rings. The Labute approximate surface area is 122 Å². The predicted molar refractivity (Wildman–Crippen MR) is 76.2 cm³/mol. The molecule has 2 saturated heterocycles. The van der Waals surface area contributed by atoms with Crippen LogP contribution >= 0.6 is 0 Å². The number of benzene rings is 1. The van der Waals surface area contributed by atoms with Crippen molar-refractivity contribution >= 4 is 11.6 Å². The zero-order valence-electron chi connectivity index (χ0n) is 11.9. The third-order valence-electron chi connectivity index (χ3n) is 4.19. The summed E-state index contributed by atoms with van der Waals surface area (Å²) in [4.78, 5) is 13.5. The van der Waals surface area contributed by atoms with Crippen LogP contribution in [0.5, 0.6) is 5.75 Å². The van der Waals surface area contributed by atoms with Crippen LogP contribution < -0.4 is 16.0 Å². The number of carbonyl (C=O) groups is 1. The molecule has 6 nitrogen and oxygen atoms in total. The molecule has 21 heavy (non-hydrogen) atoms. The second-order valence-electron chi connectivity index (χ2n) is 5.66. The van der Waals surface area contributed by atoms with Gasteiger partial charge in [0.1, 0.15) is 18.0 Å². The van der Waals surface area contributed by atoms with Crippen molar-refractivity contribution in [2.75, 3.05) is 31.7 Å². The van der Waals surface area contributed by atoms with Gasteiger partial charge in [0.05, 0.1) is 0 Å². The van der Waals surface area contributed by atoms with E-state index in [9.17, 15) is 14.3 Å². The van der Waals surface area contributed by atoms with Crippen LogP contribution in [0.2, 0.25) is 0 Å². The fourth-order valence-corrected chi connectivity index (χ4v) is 2.95. The average Bonchev–Trinajstić information content (AvgIpc) is 2.87. The molecule has 1 amide bonds. The molecule has 3 rings (SSSR count). The van der Waals surface area contributed by atoms with E-state index < -0.39 is 5.82 Å². The van der Waals surface area contributed by atoms with Crippen molar-refractivity contribution in [1.29, 1.82) is 0 Å². The molecular weight excluding hydrogens is 275 g/mol. The summed E-state index contributed by atoms with van der Waals surface area (Å²) in [6.07, 6.45) is 1.78. The third kappa shape index (κ3) is 2.66. The molecule has 0 unspecified atom stereocenters. The first-order valence-corrected chi connectivity index (χ1v) is 7.08. The molecule has 3 N–H and O–H groups in total. The number of phenols is 1. The minimum atomic E-state index is -0.450. The fourth-order valence-electron chi connectivity index (χ4n) is 2.95. The van der Waals surface area contributed by atoms with E-state index >= 15 is 0 Å². The van der Waals surface area contributed by atoms with E-state index in [0.29, 0.717) is 5.56 Å². The number of hydrogen-bond acceptors (Lipinski definition) is 5. The Kier molecular flexibility index (Phi) is 3.69. The molecule has 1 aromatic carbocycles. The predicted octanol–water partition coefficient (Wildman–Crippen LogP) is 0.696. The van der Waals surface area contributed by atoms with Gasteiger partial charge in [-0.1, -0.05) is 6.07 Å². The molecule has 7 heteroatoms. The van der Waals surface area contributed by atoms with Gasteiger partial charge in [0.25, 0.3) is 5.91 Å². The number of amides is 1. The second-order valence-corrected chi connectivity index (χ2v) is 5.66. The van der Waals surface area contributed by atoms with Crippen LogP contribution in [0.25, 0.3) is 0 Å². The number of hydrogen-bond donors (Lipinski definition) is 3. The quantitative estimate of drug-likeness (QED) is 0.749. The van der Waals surface area contributed by atoms with Crippen molar-refractivity contribution in [3.8, 4) is 5.75 Å². The highest BCUT2D eigenvalue weighted by Gasteiger charge is 2.29. The van der Waals surface area contributed by atoms with Crippen molar-refractivity contribution in [2.45, 2.75) is 18.8 Å². The van der Waals surface area contributed by atoms with Crippen molar-refractivity contribution in [2.24, 2.45) is 0 Å². The van der Waals surface area contributed by atoms with Crippen LogP contribution in [0.4, 0.5) is 10.1 Å². The van der Waals surface area contributed by atoms with Crippen molar-refractivity contribution in [3.05, 3.63) is 23.5 Å². The minimum absolute atomic E-state index is 0.0265. The first-order valence-electron chi connectivity index (χ1n) is 7.08. The standard InChI is InChI=1S/C14H19FN4O2/c1-18-6-4-9(5-7-18)10-2-3-11(20)14(13(10)15)19-8-12(21)16-17-19/h2-3,9,17,20H,4-8H2,1H3,(H,16,21). The van der Waals surface area contributed by atoms with Gasteiger partial charge in [-0.05, 0) is 50.5 Å². The maximum Gasteiger partial charge on any atom is 0.256 e. The van der Waals surface area contributed by atoms with Gasteiger partial charge in [0, 0.05) is 0 Å². The normalized spacial score (nSPS) is 20.9. The largest absolute Gasteiger partial charge is 0.506 e. The van der Waals surface area contributed by atoms with E-state index in [0.717, 1.165) is 25.9 Å². The van der Waals surface area contributed by atoms with E-state index in [1.807, 2.05) is 0 Å². The van der Waals surface area contributed by atoms with Crippen molar-refractivity contribution in [1.82, 2.24) is 15.9 Å². The molecule has 0 aliphatic carbocycles.